The third kappa shape index (κ3) is 3.38. The van der Waals surface area contributed by atoms with E-state index in [0.717, 1.165) is 5.56 Å². The highest BCUT2D eigenvalue weighted by atomic mass is 32.2. The molecule has 1 saturated heterocycles. The van der Waals surface area contributed by atoms with E-state index in [4.69, 9.17) is 0 Å². The molecule has 1 aliphatic heterocycles. The molecule has 19 heavy (non-hydrogen) atoms. The smallest absolute Gasteiger partial charge is 0.247 e. The van der Waals surface area contributed by atoms with E-state index in [9.17, 15) is 9.59 Å². The van der Waals surface area contributed by atoms with Gasteiger partial charge < -0.3 is 10.2 Å². The summed E-state index contributed by atoms with van der Waals surface area (Å²) in [6.45, 7) is 1.93. The predicted octanol–water partition coefficient (Wildman–Crippen LogP) is 1.91. The Morgan fingerprint density at radius 2 is 2.11 bits per heavy atom. The van der Waals surface area contributed by atoms with Crippen LogP contribution < -0.4 is 5.32 Å². The summed E-state index contributed by atoms with van der Waals surface area (Å²) in [7, 11) is 1.68. The first kappa shape index (κ1) is 13.7. The predicted molar refractivity (Wildman–Crippen MR) is 76.3 cm³/mol. The molecule has 0 radical (unpaired) electrons. The third-order valence-electron chi connectivity index (χ3n) is 2.96. The second kappa shape index (κ2) is 5.93. The minimum absolute atomic E-state index is 0.0279. The maximum absolute atomic E-state index is 11.9. The third-order valence-corrected chi connectivity index (χ3v) is 4.04. The molecule has 1 fully saturated rings. The van der Waals surface area contributed by atoms with Gasteiger partial charge in [0.1, 0.15) is 0 Å². The topological polar surface area (TPSA) is 49.4 Å². The van der Waals surface area contributed by atoms with Crippen LogP contribution >= 0.6 is 11.8 Å². The molecule has 100 valence electrons. The molecule has 4 nitrogen and oxygen atoms in total. The zero-order valence-corrected chi connectivity index (χ0v) is 11.7. The van der Waals surface area contributed by atoms with E-state index in [0.29, 0.717) is 10.8 Å². The van der Waals surface area contributed by atoms with Gasteiger partial charge in [0.2, 0.25) is 11.8 Å². The lowest BCUT2D eigenvalue weighted by molar-refractivity contribution is -0.124. The van der Waals surface area contributed by atoms with E-state index in [-0.39, 0.29) is 17.9 Å². The molecular weight excluding hydrogens is 260 g/mol. The number of rotatable bonds is 3. The Kier molecular flexibility index (Phi) is 4.27. The molecule has 1 aliphatic rings. The number of hydrogen-bond acceptors (Lipinski definition) is 3. The van der Waals surface area contributed by atoms with Crippen molar-refractivity contribution in [3.8, 4) is 0 Å². The minimum atomic E-state index is -0.180. The number of amides is 2. The van der Waals surface area contributed by atoms with Gasteiger partial charge in [-0.15, -0.1) is 0 Å². The van der Waals surface area contributed by atoms with E-state index in [1.807, 2.05) is 37.3 Å². The summed E-state index contributed by atoms with van der Waals surface area (Å²) in [5.41, 5.74) is 1.05. The molecule has 1 N–H and O–H groups in total. The van der Waals surface area contributed by atoms with Crippen LogP contribution in [0.1, 0.15) is 18.5 Å². The molecule has 1 unspecified atom stereocenters. The van der Waals surface area contributed by atoms with Crippen LogP contribution in [-0.4, -0.2) is 29.5 Å². The van der Waals surface area contributed by atoms with Gasteiger partial charge in [0.15, 0.2) is 0 Å². The summed E-state index contributed by atoms with van der Waals surface area (Å²) in [4.78, 5) is 24.7. The summed E-state index contributed by atoms with van der Waals surface area (Å²) in [6, 6.07) is 9.70. The van der Waals surface area contributed by atoms with E-state index >= 15 is 0 Å². The van der Waals surface area contributed by atoms with Gasteiger partial charge in [-0.2, -0.15) is 0 Å². The fraction of sp³-hybridized carbons (Fsp3) is 0.286. The Balaban J connectivity index is 1.99. The fourth-order valence-corrected chi connectivity index (χ4v) is 2.73. The van der Waals surface area contributed by atoms with Gasteiger partial charge in [-0.1, -0.05) is 42.1 Å². The maximum Gasteiger partial charge on any atom is 0.247 e. The molecule has 2 rings (SSSR count). The average Bonchev–Trinajstić information content (AvgIpc) is 2.71. The van der Waals surface area contributed by atoms with E-state index in [2.05, 4.69) is 5.32 Å². The van der Waals surface area contributed by atoms with E-state index < -0.39 is 0 Å². The highest BCUT2D eigenvalue weighted by molar-refractivity contribution is 8.04. The second-order valence-corrected chi connectivity index (χ2v) is 5.36. The Labute approximate surface area is 116 Å². The number of nitrogens with one attached hydrogen (secondary N) is 1. The number of hydrogen-bond donors (Lipinski definition) is 1. The quantitative estimate of drug-likeness (QED) is 0.858. The van der Waals surface area contributed by atoms with Crippen molar-refractivity contribution in [2.75, 3.05) is 12.8 Å². The molecule has 1 aromatic rings. The highest BCUT2D eigenvalue weighted by Crippen LogP contribution is 2.26. The van der Waals surface area contributed by atoms with Gasteiger partial charge >= 0.3 is 0 Å². The van der Waals surface area contributed by atoms with Crippen LogP contribution in [0.2, 0.25) is 0 Å². The monoisotopic (exact) mass is 276 g/mol. The van der Waals surface area contributed by atoms with Crippen LogP contribution in [0.25, 0.3) is 0 Å². The van der Waals surface area contributed by atoms with Crippen molar-refractivity contribution in [2.24, 2.45) is 0 Å². The van der Waals surface area contributed by atoms with Gasteiger partial charge in [0.05, 0.1) is 16.8 Å². The van der Waals surface area contributed by atoms with Crippen molar-refractivity contribution in [3.05, 3.63) is 47.0 Å². The van der Waals surface area contributed by atoms with Gasteiger partial charge in [0.25, 0.3) is 0 Å². The molecule has 0 aromatic heterocycles. The largest absolute Gasteiger partial charge is 0.346 e. The SMILES string of the molecule is CC(NC(=O)C=C1SCC(=O)N1C)c1ccccc1. The molecule has 0 spiro atoms. The van der Waals surface area contributed by atoms with Crippen molar-refractivity contribution in [2.45, 2.75) is 13.0 Å². The van der Waals surface area contributed by atoms with Crippen molar-refractivity contribution in [1.29, 1.82) is 0 Å². The van der Waals surface area contributed by atoms with Crippen molar-refractivity contribution in [3.63, 3.8) is 0 Å². The summed E-state index contributed by atoms with van der Waals surface area (Å²) in [5, 5.41) is 3.59. The molecule has 1 atom stereocenters. The molecule has 0 bridgehead atoms. The minimum Gasteiger partial charge on any atom is -0.346 e. The first-order valence-electron chi connectivity index (χ1n) is 6.04. The molecule has 5 heteroatoms. The molecular formula is C14H16N2O2S. The fourth-order valence-electron chi connectivity index (χ4n) is 1.78. The van der Waals surface area contributed by atoms with Crippen LogP contribution in [-0.2, 0) is 9.59 Å². The van der Waals surface area contributed by atoms with Crippen LogP contribution in [0.3, 0.4) is 0 Å². The van der Waals surface area contributed by atoms with E-state index in [1.165, 1.54) is 22.7 Å². The first-order valence-corrected chi connectivity index (χ1v) is 7.03. The lowest BCUT2D eigenvalue weighted by Crippen LogP contribution is -2.26. The lowest BCUT2D eigenvalue weighted by atomic mass is 10.1. The van der Waals surface area contributed by atoms with Crippen LogP contribution in [0.15, 0.2) is 41.4 Å². The van der Waals surface area contributed by atoms with Crippen LogP contribution in [0, 0.1) is 0 Å². The van der Waals surface area contributed by atoms with Gasteiger partial charge in [-0.25, -0.2) is 0 Å². The van der Waals surface area contributed by atoms with Crippen molar-refractivity contribution < 1.29 is 9.59 Å². The number of thioether (sulfide) groups is 1. The van der Waals surface area contributed by atoms with Crippen molar-refractivity contribution >= 4 is 23.6 Å². The number of nitrogens with zero attached hydrogens (tertiary/aromatic N) is 1. The standard InChI is InChI=1S/C14H16N2O2S/c1-10(11-6-4-3-5-7-11)15-12(17)8-14-16(2)13(18)9-19-14/h3-8,10H,9H2,1-2H3,(H,15,17). The zero-order chi connectivity index (χ0) is 13.8. The zero-order valence-electron chi connectivity index (χ0n) is 10.9. The lowest BCUT2D eigenvalue weighted by Gasteiger charge is -2.14. The average molecular weight is 276 g/mol. The number of carbonyl (C=O) groups excluding carboxylic acids is 2. The Morgan fingerprint density at radius 1 is 1.42 bits per heavy atom. The van der Waals surface area contributed by atoms with Gasteiger partial charge in [-0.3, -0.25) is 9.59 Å². The van der Waals surface area contributed by atoms with Gasteiger partial charge in [0, 0.05) is 13.1 Å². The second-order valence-electron chi connectivity index (χ2n) is 4.36. The molecule has 0 saturated carbocycles. The Morgan fingerprint density at radius 3 is 2.68 bits per heavy atom. The highest BCUT2D eigenvalue weighted by Gasteiger charge is 2.23. The normalized spacial score (nSPS) is 18.7. The van der Waals surface area contributed by atoms with Crippen LogP contribution in [0.5, 0.6) is 0 Å². The summed E-state index contributed by atoms with van der Waals surface area (Å²) in [6.07, 6.45) is 1.48. The molecule has 2 amide bonds. The summed E-state index contributed by atoms with van der Waals surface area (Å²) >= 11 is 1.39. The van der Waals surface area contributed by atoms with Gasteiger partial charge in [-0.05, 0) is 12.5 Å². The van der Waals surface area contributed by atoms with Crippen molar-refractivity contribution in [1.82, 2.24) is 10.2 Å². The molecule has 1 heterocycles. The molecule has 1 aromatic carbocycles. The maximum atomic E-state index is 11.9. The number of benzene rings is 1. The summed E-state index contributed by atoms with van der Waals surface area (Å²) < 4.78 is 0. The van der Waals surface area contributed by atoms with Crippen LogP contribution in [0.4, 0.5) is 0 Å². The summed E-state index contributed by atoms with van der Waals surface area (Å²) in [5.74, 6) is 0.254. The number of carbonyl (C=O) groups is 2. The molecule has 0 aliphatic carbocycles. The Hall–Kier alpha value is -1.75. The van der Waals surface area contributed by atoms with E-state index in [1.54, 1.807) is 7.05 Å². The Bertz CT molecular complexity index is 513. The first-order chi connectivity index (χ1) is 9.08.